The molecule has 5 nitrogen and oxygen atoms in total. The number of nitrogens with two attached hydrogens (primary N) is 2. The Morgan fingerprint density at radius 2 is 1.72 bits per heavy atom. The maximum Gasteiger partial charge on any atom is 0.280 e. The van der Waals surface area contributed by atoms with Crippen LogP contribution in [0.25, 0.3) is 22.0 Å². The minimum absolute atomic E-state index is 0.0298. The Labute approximate surface area is 139 Å². The van der Waals surface area contributed by atoms with E-state index in [0.29, 0.717) is 6.07 Å². The van der Waals surface area contributed by atoms with Crippen LogP contribution in [-0.4, -0.2) is 16.9 Å². The molecule has 0 fully saturated rings. The first-order valence-electron chi connectivity index (χ1n) is 7.04. The van der Waals surface area contributed by atoms with Crippen LogP contribution in [0.3, 0.4) is 0 Å². The van der Waals surface area contributed by atoms with Crippen molar-refractivity contribution in [1.82, 2.24) is 4.98 Å². The zero-order valence-corrected chi connectivity index (χ0v) is 12.6. The third kappa shape index (κ3) is 3.14. The van der Waals surface area contributed by atoms with Gasteiger partial charge in [-0.05, 0) is 24.3 Å². The van der Waals surface area contributed by atoms with Gasteiger partial charge in [0.2, 0.25) is 0 Å². The Bertz CT molecular complexity index is 1030. The highest BCUT2D eigenvalue weighted by molar-refractivity contribution is 6.06. The van der Waals surface area contributed by atoms with Crippen LogP contribution in [0, 0.1) is 17.5 Å². The van der Waals surface area contributed by atoms with E-state index < -0.39 is 29.3 Å². The van der Waals surface area contributed by atoms with Crippen LogP contribution in [0.1, 0.15) is 10.4 Å². The van der Waals surface area contributed by atoms with Crippen molar-refractivity contribution in [3.05, 3.63) is 65.6 Å². The van der Waals surface area contributed by atoms with Crippen molar-refractivity contribution in [2.45, 2.75) is 0 Å². The van der Waals surface area contributed by atoms with Crippen molar-refractivity contribution in [2.75, 3.05) is 0 Å². The lowest BCUT2D eigenvalue weighted by Gasteiger charge is -2.09. The first-order valence-corrected chi connectivity index (χ1v) is 7.04. The third-order valence-electron chi connectivity index (χ3n) is 3.50. The van der Waals surface area contributed by atoms with E-state index in [1.54, 1.807) is 0 Å². The van der Waals surface area contributed by atoms with E-state index in [2.05, 4.69) is 9.98 Å². The average molecular weight is 344 g/mol. The lowest BCUT2D eigenvalue weighted by molar-refractivity contribution is 0.100. The van der Waals surface area contributed by atoms with Crippen LogP contribution < -0.4 is 11.5 Å². The summed E-state index contributed by atoms with van der Waals surface area (Å²) in [5.41, 5.74) is 10.4. The number of guanidine groups is 1. The predicted molar refractivity (Wildman–Crippen MR) is 87.2 cm³/mol. The molecule has 2 aromatic carbocycles. The molecule has 126 valence electrons. The fourth-order valence-corrected chi connectivity index (χ4v) is 2.42. The Hall–Kier alpha value is -3.42. The predicted octanol–water partition coefficient (Wildman–Crippen LogP) is 2.73. The first-order chi connectivity index (χ1) is 11.9. The van der Waals surface area contributed by atoms with Crippen molar-refractivity contribution in [2.24, 2.45) is 16.5 Å². The number of aliphatic imine (C=N–C) groups is 1. The fraction of sp³-hybridized carbons (Fsp3) is 0. The lowest BCUT2D eigenvalue weighted by atomic mass is 10.0. The fourth-order valence-electron chi connectivity index (χ4n) is 2.42. The third-order valence-corrected chi connectivity index (χ3v) is 3.50. The molecule has 1 heterocycles. The summed E-state index contributed by atoms with van der Waals surface area (Å²) in [6.45, 7) is 0. The van der Waals surface area contributed by atoms with Crippen LogP contribution in [-0.2, 0) is 0 Å². The largest absolute Gasteiger partial charge is 0.370 e. The summed E-state index contributed by atoms with van der Waals surface area (Å²) in [5.74, 6) is -3.43. The second kappa shape index (κ2) is 6.23. The summed E-state index contributed by atoms with van der Waals surface area (Å²) < 4.78 is 41.3. The molecular weight excluding hydrogens is 333 g/mol. The maximum absolute atomic E-state index is 14.1. The van der Waals surface area contributed by atoms with Crippen molar-refractivity contribution in [1.29, 1.82) is 0 Å². The minimum atomic E-state index is -0.860. The van der Waals surface area contributed by atoms with E-state index in [1.165, 1.54) is 24.3 Å². The normalized spacial score (nSPS) is 10.7. The van der Waals surface area contributed by atoms with Gasteiger partial charge in [0.15, 0.2) is 5.96 Å². The molecule has 8 heteroatoms. The first kappa shape index (κ1) is 16.4. The molecule has 3 aromatic rings. The highest BCUT2D eigenvalue weighted by Crippen LogP contribution is 2.31. The number of rotatable bonds is 2. The van der Waals surface area contributed by atoms with Crippen molar-refractivity contribution in [3.63, 3.8) is 0 Å². The highest BCUT2D eigenvalue weighted by Gasteiger charge is 2.16. The molecule has 1 amide bonds. The summed E-state index contributed by atoms with van der Waals surface area (Å²) >= 11 is 0. The summed E-state index contributed by atoms with van der Waals surface area (Å²) in [6.07, 6.45) is 0.929. The van der Waals surface area contributed by atoms with Crippen LogP contribution in [0.4, 0.5) is 13.2 Å². The molecule has 0 aliphatic carbocycles. The van der Waals surface area contributed by atoms with Gasteiger partial charge >= 0.3 is 0 Å². The number of hydrogen-bond donors (Lipinski definition) is 2. The number of fused-ring (bicyclic) bond motifs is 1. The molecular formula is C17H11F3N4O. The summed E-state index contributed by atoms with van der Waals surface area (Å²) in [5, 5.41) is 0.289. The van der Waals surface area contributed by atoms with Crippen molar-refractivity contribution >= 4 is 22.6 Å². The number of aromatic nitrogens is 1. The Kier molecular flexibility index (Phi) is 4.10. The SMILES string of the molecule is NC(N)=NC(=O)c1ccc2c(F)cnc(-c3ccc(F)cc3F)c2c1. The zero-order chi connectivity index (χ0) is 18.1. The number of hydrogen-bond acceptors (Lipinski definition) is 2. The zero-order valence-electron chi connectivity index (χ0n) is 12.6. The van der Waals surface area contributed by atoms with Gasteiger partial charge in [-0.1, -0.05) is 6.07 Å². The second-order valence-electron chi connectivity index (χ2n) is 5.18. The van der Waals surface area contributed by atoms with Gasteiger partial charge in [-0.2, -0.15) is 4.99 Å². The number of carbonyl (C=O) groups excluding carboxylic acids is 1. The molecule has 1 aromatic heterocycles. The molecule has 0 atom stereocenters. The van der Waals surface area contributed by atoms with Gasteiger partial charge in [-0.25, -0.2) is 13.2 Å². The van der Waals surface area contributed by atoms with Crippen LogP contribution in [0.15, 0.2) is 47.6 Å². The molecule has 25 heavy (non-hydrogen) atoms. The van der Waals surface area contributed by atoms with Crippen LogP contribution in [0.5, 0.6) is 0 Å². The van der Waals surface area contributed by atoms with E-state index in [4.69, 9.17) is 11.5 Å². The van der Waals surface area contributed by atoms with Gasteiger partial charge < -0.3 is 11.5 Å². The van der Waals surface area contributed by atoms with Gasteiger partial charge in [-0.3, -0.25) is 9.78 Å². The van der Waals surface area contributed by atoms with Gasteiger partial charge in [0.1, 0.15) is 17.5 Å². The summed E-state index contributed by atoms with van der Waals surface area (Å²) in [6, 6.07) is 6.93. The number of carbonyl (C=O) groups is 1. The molecule has 0 unspecified atom stereocenters. The highest BCUT2D eigenvalue weighted by atomic mass is 19.1. The quantitative estimate of drug-likeness (QED) is 0.552. The molecule has 4 N–H and O–H groups in total. The molecule has 0 spiro atoms. The number of halogens is 3. The molecule has 0 saturated carbocycles. The lowest BCUT2D eigenvalue weighted by Crippen LogP contribution is -2.24. The molecule has 3 rings (SSSR count). The summed E-state index contributed by atoms with van der Waals surface area (Å²) in [7, 11) is 0. The van der Waals surface area contributed by atoms with E-state index in [-0.39, 0.29) is 27.6 Å². The topological polar surface area (TPSA) is 94.4 Å². The van der Waals surface area contributed by atoms with Crippen LogP contribution in [0.2, 0.25) is 0 Å². The van der Waals surface area contributed by atoms with E-state index in [9.17, 15) is 18.0 Å². The molecule has 0 bridgehead atoms. The molecule has 0 aliphatic heterocycles. The Balaban J connectivity index is 2.27. The smallest absolute Gasteiger partial charge is 0.280 e. The van der Waals surface area contributed by atoms with Gasteiger partial charge in [0, 0.05) is 28.0 Å². The Morgan fingerprint density at radius 3 is 2.40 bits per heavy atom. The van der Waals surface area contributed by atoms with Gasteiger partial charge in [-0.15, -0.1) is 0 Å². The number of nitrogens with zero attached hydrogens (tertiary/aromatic N) is 2. The monoisotopic (exact) mass is 344 g/mol. The number of benzene rings is 2. The molecule has 0 saturated heterocycles. The molecule has 0 radical (unpaired) electrons. The molecule has 0 aliphatic rings. The van der Waals surface area contributed by atoms with E-state index >= 15 is 0 Å². The summed E-state index contributed by atoms with van der Waals surface area (Å²) in [4.78, 5) is 19.3. The van der Waals surface area contributed by atoms with E-state index in [0.717, 1.165) is 12.3 Å². The van der Waals surface area contributed by atoms with Crippen molar-refractivity contribution < 1.29 is 18.0 Å². The maximum atomic E-state index is 14.1. The van der Waals surface area contributed by atoms with Crippen molar-refractivity contribution in [3.8, 4) is 11.3 Å². The average Bonchev–Trinajstić information content (AvgIpc) is 2.55. The van der Waals surface area contributed by atoms with Gasteiger partial charge in [0.25, 0.3) is 5.91 Å². The Morgan fingerprint density at radius 1 is 0.960 bits per heavy atom. The number of amides is 1. The number of pyridine rings is 1. The second-order valence-corrected chi connectivity index (χ2v) is 5.18. The minimum Gasteiger partial charge on any atom is -0.370 e. The van der Waals surface area contributed by atoms with Crippen LogP contribution >= 0.6 is 0 Å². The van der Waals surface area contributed by atoms with Gasteiger partial charge in [0.05, 0.1) is 11.9 Å². The van der Waals surface area contributed by atoms with E-state index in [1.807, 2.05) is 0 Å². The standard InChI is InChI=1S/C17H11F3N4O/c18-9-2-4-11(13(19)6-9)15-12-5-8(16(25)24-17(21)22)1-3-10(12)14(20)7-23-15/h1-7H,(H4,21,22,24,25).